The minimum absolute atomic E-state index is 0.637. The Kier molecular flexibility index (Phi) is 3.49. The summed E-state index contributed by atoms with van der Waals surface area (Å²) in [5, 5.41) is 0. The second-order valence-corrected chi connectivity index (χ2v) is 4.82. The summed E-state index contributed by atoms with van der Waals surface area (Å²) in [5.41, 5.74) is 9.75. The van der Waals surface area contributed by atoms with Gasteiger partial charge in [0.15, 0.2) is 0 Å². The molecule has 1 aliphatic rings. The maximum Gasteiger partial charge on any atom is 0.0411 e. The van der Waals surface area contributed by atoms with Crippen molar-refractivity contribution in [3.8, 4) is 0 Å². The molecule has 0 heterocycles. The van der Waals surface area contributed by atoms with Crippen LogP contribution in [0.15, 0.2) is 18.2 Å². The molecule has 1 aromatic carbocycles. The van der Waals surface area contributed by atoms with Gasteiger partial charge in [-0.05, 0) is 44.2 Å². The van der Waals surface area contributed by atoms with Crippen LogP contribution in [0.5, 0.6) is 0 Å². The predicted octanol–water partition coefficient (Wildman–Crippen LogP) is 2.69. The van der Waals surface area contributed by atoms with E-state index in [0.29, 0.717) is 6.54 Å². The molecule has 1 aromatic rings. The summed E-state index contributed by atoms with van der Waals surface area (Å²) >= 11 is 0. The molecular weight excluding hydrogens is 196 g/mol. The van der Waals surface area contributed by atoms with Gasteiger partial charge in [0.2, 0.25) is 0 Å². The summed E-state index contributed by atoms with van der Waals surface area (Å²) in [6.07, 6.45) is 2.81. The summed E-state index contributed by atoms with van der Waals surface area (Å²) < 4.78 is 0. The Labute approximate surface area is 98.4 Å². The fraction of sp³-hybridized carbons (Fsp3) is 0.571. The lowest BCUT2D eigenvalue weighted by molar-refractivity contribution is 0.737. The van der Waals surface area contributed by atoms with Crippen molar-refractivity contribution in [1.29, 1.82) is 0 Å². The number of hydrogen-bond acceptors (Lipinski definition) is 2. The van der Waals surface area contributed by atoms with E-state index < -0.39 is 0 Å². The van der Waals surface area contributed by atoms with E-state index in [-0.39, 0.29) is 0 Å². The van der Waals surface area contributed by atoms with Crippen LogP contribution in [0.25, 0.3) is 0 Å². The second-order valence-electron chi connectivity index (χ2n) is 4.82. The first-order valence-corrected chi connectivity index (χ1v) is 6.29. The molecule has 0 saturated heterocycles. The molecular formula is C14H22N2. The van der Waals surface area contributed by atoms with Gasteiger partial charge in [-0.2, -0.15) is 0 Å². The third-order valence-electron chi connectivity index (χ3n) is 3.35. The molecule has 0 atom stereocenters. The molecule has 0 spiro atoms. The van der Waals surface area contributed by atoms with Gasteiger partial charge in [-0.25, -0.2) is 0 Å². The van der Waals surface area contributed by atoms with Crippen molar-refractivity contribution < 1.29 is 0 Å². The zero-order valence-corrected chi connectivity index (χ0v) is 10.4. The van der Waals surface area contributed by atoms with Crippen molar-refractivity contribution in [2.45, 2.75) is 33.2 Å². The number of aryl methyl sites for hydroxylation is 1. The molecule has 0 unspecified atom stereocenters. The third-order valence-corrected chi connectivity index (χ3v) is 3.35. The number of rotatable bonds is 5. The molecule has 0 aliphatic heterocycles. The quantitative estimate of drug-likeness (QED) is 0.823. The van der Waals surface area contributed by atoms with Crippen molar-refractivity contribution in [2.24, 2.45) is 11.7 Å². The van der Waals surface area contributed by atoms with E-state index in [4.69, 9.17) is 5.73 Å². The van der Waals surface area contributed by atoms with Crippen LogP contribution < -0.4 is 10.6 Å². The lowest BCUT2D eigenvalue weighted by Gasteiger charge is -2.25. The predicted molar refractivity (Wildman–Crippen MR) is 69.7 cm³/mol. The highest BCUT2D eigenvalue weighted by Crippen LogP contribution is 2.32. The summed E-state index contributed by atoms with van der Waals surface area (Å²) in [7, 11) is 0. The van der Waals surface area contributed by atoms with Crippen LogP contribution in [0.2, 0.25) is 0 Å². The van der Waals surface area contributed by atoms with E-state index in [1.165, 1.54) is 36.2 Å². The van der Waals surface area contributed by atoms with Crippen molar-refractivity contribution in [2.75, 3.05) is 18.0 Å². The largest absolute Gasteiger partial charge is 0.371 e. The second kappa shape index (κ2) is 4.88. The van der Waals surface area contributed by atoms with Gasteiger partial charge in [-0.15, -0.1) is 0 Å². The maximum atomic E-state index is 5.83. The minimum atomic E-state index is 0.637. The molecule has 0 bridgehead atoms. The van der Waals surface area contributed by atoms with E-state index in [9.17, 15) is 0 Å². The van der Waals surface area contributed by atoms with Crippen LogP contribution in [0, 0.1) is 12.8 Å². The van der Waals surface area contributed by atoms with Gasteiger partial charge in [0.25, 0.3) is 0 Å². The third kappa shape index (κ3) is 2.56. The number of hydrogen-bond donors (Lipinski definition) is 1. The molecule has 0 aromatic heterocycles. The van der Waals surface area contributed by atoms with E-state index in [2.05, 4.69) is 36.9 Å². The Hall–Kier alpha value is -1.02. The van der Waals surface area contributed by atoms with Crippen molar-refractivity contribution in [3.05, 3.63) is 29.3 Å². The molecule has 0 amide bonds. The van der Waals surface area contributed by atoms with Crippen LogP contribution in [-0.4, -0.2) is 13.1 Å². The van der Waals surface area contributed by atoms with Gasteiger partial charge in [-0.3, -0.25) is 0 Å². The molecule has 2 N–H and O–H groups in total. The topological polar surface area (TPSA) is 29.3 Å². The van der Waals surface area contributed by atoms with E-state index in [0.717, 1.165) is 12.5 Å². The average molecular weight is 218 g/mol. The highest BCUT2D eigenvalue weighted by molar-refractivity contribution is 5.55. The number of anilines is 1. The molecule has 0 radical (unpaired) electrons. The van der Waals surface area contributed by atoms with Gasteiger partial charge >= 0.3 is 0 Å². The molecule has 1 saturated carbocycles. The lowest BCUT2D eigenvalue weighted by atomic mass is 10.1. The summed E-state index contributed by atoms with van der Waals surface area (Å²) in [5.74, 6) is 0.923. The zero-order valence-electron chi connectivity index (χ0n) is 10.4. The maximum absolute atomic E-state index is 5.83. The molecule has 1 fully saturated rings. The van der Waals surface area contributed by atoms with E-state index >= 15 is 0 Å². The zero-order chi connectivity index (χ0) is 11.5. The first-order chi connectivity index (χ1) is 7.74. The molecule has 1 aliphatic carbocycles. The smallest absolute Gasteiger partial charge is 0.0411 e. The van der Waals surface area contributed by atoms with Crippen LogP contribution in [-0.2, 0) is 6.54 Å². The summed E-state index contributed by atoms with van der Waals surface area (Å²) in [4.78, 5) is 2.47. The SMILES string of the molecule is CCN(CC1CC1)c1ccc(C)cc1CN. The fourth-order valence-corrected chi connectivity index (χ4v) is 2.20. The highest BCUT2D eigenvalue weighted by Gasteiger charge is 2.24. The van der Waals surface area contributed by atoms with Crippen molar-refractivity contribution >= 4 is 5.69 Å². The van der Waals surface area contributed by atoms with Crippen LogP contribution in [0.1, 0.15) is 30.9 Å². The minimum Gasteiger partial charge on any atom is -0.371 e. The van der Waals surface area contributed by atoms with Gasteiger partial charge in [0.05, 0.1) is 0 Å². The fourth-order valence-electron chi connectivity index (χ4n) is 2.20. The first kappa shape index (κ1) is 11.5. The standard InChI is InChI=1S/C14H22N2/c1-3-16(10-12-5-6-12)14-7-4-11(2)8-13(14)9-15/h4,7-8,12H,3,5-6,9-10,15H2,1-2H3. The summed E-state index contributed by atoms with van der Waals surface area (Å²) in [6, 6.07) is 6.62. The van der Waals surface area contributed by atoms with Crippen LogP contribution in [0.4, 0.5) is 5.69 Å². The molecule has 2 rings (SSSR count). The Morgan fingerprint density at radius 1 is 1.38 bits per heavy atom. The lowest BCUT2D eigenvalue weighted by Crippen LogP contribution is -2.26. The van der Waals surface area contributed by atoms with E-state index in [1.807, 2.05) is 0 Å². The monoisotopic (exact) mass is 218 g/mol. The van der Waals surface area contributed by atoms with Crippen LogP contribution >= 0.6 is 0 Å². The Bertz CT molecular complexity index is 356. The van der Waals surface area contributed by atoms with Crippen LogP contribution in [0.3, 0.4) is 0 Å². The highest BCUT2D eigenvalue weighted by atomic mass is 15.1. The average Bonchev–Trinajstić information content (AvgIpc) is 3.10. The number of nitrogens with two attached hydrogens (primary N) is 1. The molecule has 2 nitrogen and oxygen atoms in total. The van der Waals surface area contributed by atoms with E-state index in [1.54, 1.807) is 0 Å². The first-order valence-electron chi connectivity index (χ1n) is 6.29. The normalized spacial score (nSPS) is 15.2. The molecule has 16 heavy (non-hydrogen) atoms. The van der Waals surface area contributed by atoms with Gasteiger partial charge < -0.3 is 10.6 Å². The van der Waals surface area contributed by atoms with Crippen molar-refractivity contribution in [3.63, 3.8) is 0 Å². The Balaban J connectivity index is 2.21. The molecule has 88 valence electrons. The molecule has 2 heteroatoms. The summed E-state index contributed by atoms with van der Waals surface area (Å²) in [6.45, 7) is 7.26. The Morgan fingerprint density at radius 3 is 2.69 bits per heavy atom. The Morgan fingerprint density at radius 2 is 2.12 bits per heavy atom. The van der Waals surface area contributed by atoms with Gasteiger partial charge in [0, 0.05) is 25.3 Å². The number of nitrogens with zero attached hydrogens (tertiary/aromatic N) is 1. The number of benzene rings is 1. The van der Waals surface area contributed by atoms with Gasteiger partial charge in [0.1, 0.15) is 0 Å². The van der Waals surface area contributed by atoms with Crippen molar-refractivity contribution in [1.82, 2.24) is 0 Å². The van der Waals surface area contributed by atoms with Gasteiger partial charge in [-0.1, -0.05) is 17.7 Å².